The molecule has 0 saturated carbocycles. The van der Waals surface area contributed by atoms with Crippen LogP contribution in [0.4, 0.5) is 0 Å². The molecule has 3 heterocycles. The van der Waals surface area contributed by atoms with Crippen LogP contribution >= 0.6 is 11.3 Å². The number of aliphatic hydroxyl groups excluding tert-OH is 1. The van der Waals surface area contributed by atoms with E-state index < -0.39 is 23.5 Å². The number of carbonyl (C=O) groups is 2. The number of amides is 1. The van der Waals surface area contributed by atoms with Gasteiger partial charge in [-0.2, -0.15) is 0 Å². The Morgan fingerprint density at radius 2 is 2.07 bits per heavy atom. The number of para-hydroxylation sites is 1. The van der Waals surface area contributed by atoms with Crippen molar-refractivity contribution in [2.75, 3.05) is 7.11 Å². The molecule has 1 atom stereocenters. The van der Waals surface area contributed by atoms with Crippen molar-refractivity contribution in [2.45, 2.75) is 12.6 Å². The average Bonchev–Trinajstić information content (AvgIpc) is 3.37. The third kappa shape index (κ3) is 3.29. The number of likely N-dealkylation sites (tertiary alicyclic amines) is 1. The molecule has 9 heteroatoms. The van der Waals surface area contributed by atoms with Crippen molar-refractivity contribution in [1.82, 2.24) is 14.9 Å². The van der Waals surface area contributed by atoms with Gasteiger partial charge >= 0.3 is 0 Å². The molecular weight excluding hydrogens is 406 g/mol. The molecule has 0 radical (unpaired) electrons. The Labute approximate surface area is 175 Å². The second kappa shape index (κ2) is 7.96. The highest BCUT2D eigenvalue weighted by Gasteiger charge is 2.47. The van der Waals surface area contributed by atoms with Crippen molar-refractivity contribution >= 4 is 28.8 Å². The Kier molecular flexibility index (Phi) is 5.20. The SMILES string of the molecule is COc1cccc(C2/C(=C(\O)c3cnccn3)C(=O)C(=O)N2Cc2cccs2)c1O. The molecule has 8 nitrogen and oxygen atoms in total. The fourth-order valence-corrected chi connectivity index (χ4v) is 4.12. The Balaban J connectivity index is 1.92. The molecule has 0 bridgehead atoms. The van der Waals surface area contributed by atoms with Crippen LogP contribution in [0, 0.1) is 0 Å². The smallest absolute Gasteiger partial charge is 0.295 e. The highest BCUT2D eigenvalue weighted by Crippen LogP contribution is 2.45. The maximum absolute atomic E-state index is 12.9. The third-order valence-corrected chi connectivity index (χ3v) is 5.66. The Hall–Kier alpha value is -3.72. The van der Waals surface area contributed by atoms with E-state index in [9.17, 15) is 19.8 Å². The molecular formula is C21H17N3O5S. The molecule has 3 aromatic rings. The molecule has 0 spiro atoms. The number of benzene rings is 1. The monoisotopic (exact) mass is 423 g/mol. The lowest BCUT2D eigenvalue weighted by molar-refractivity contribution is -0.140. The van der Waals surface area contributed by atoms with Crippen LogP contribution in [0.25, 0.3) is 5.76 Å². The number of thiophene rings is 1. The topological polar surface area (TPSA) is 113 Å². The summed E-state index contributed by atoms with van der Waals surface area (Å²) in [5, 5.41) is 23.5. The Bertz CT molecular complexity index is 1130. The molecule has 1 aliphatic rings. The summed E-state index contributed by atoms with van der Waals surface area (Å²) in [6.45, 7) is 0.140. The predicted molar refractivity (Wildman–Crippen MR) is 109 cm³/mol. The predicted octanol–water partition coefficient (Wildman–Crippen LogP) is 2.87. The zero-order valence-electron chi connectivity index (χ0n) is 15.8. The number of rotatable bonds is 5. The fraction of sp³-hybridized carbons (Fsp3) is 0.143. The van der Waals surface area contributed by atoms with E-state index in [4.69, 9.17) is 4.74 Å². The minimum Gasteiger partial charge on any atom is -0.505 e. The number of ketones is 1. The lowest BCUT2D eigenvalue weighted by Crippen LogP contribution is -2.29. The van der Waals surface area contributed by atoms with E-state index in [1.165, 1.54) is 41.9 Å². The molecule has 2 aromatic heterocycles. The van der Waals surface area contributed by atoms with Gasteiger partial charge in [0.15, 0.2) is 17.3 Å². The lowest BCUT2D eigenvalue weighted by Gasteiger charge is -2.25. The molecule has 0 aliphatic carbocycles. The third-order valence-electron chi connectivity index (χ3n) is 4.80. The van der Waals surface area contributed by atoms with Crippen molar-refractivity contribution in [1.29, 1.82) is 0 Å². The van der Waals surface area contributed by atoms with Crippen LogP contribution in [0.3, 0.4) is 0 Å². The minimum absolute atomic E-state index is 0.0546. The quantitative estimate of drug-likeness (QED) is 0.369. The number of aliphatic hydroxyl groups is 1. The van der Waals surface area contributed by atoms with Crippen LogP contribution in [-0.4, -0.2) is 43.9 Å². The van der Waals surface area contributed by atoms with E-state index in [1.54, 1.807) is 18.2 Å². The largest absolute Gasteiger partial charge is 0.505 e. The number of aromatic hydroxyl groups is 1. The van der Waals surface area contributed by atoms with E-state index in [2.05, 4.69) is 9.97 Å². The number of hydrogen-bond donors (Lipinski definition) is 2. The highest BCUT2D eigenvalue weighted by atomic mass is 32.1. The average molecular weight is 423 g/mol. The summed E-state index contributed by atoms with van der Waals surface area (Å²) in [5.41, 5.74) is 0.148. The summed E-state index contributed by atoms with van der Waals surface area (Å²) in [6, 6.07) is 7.45. The fourth-order valence-electron chi connectivity index (χ4n) is 3.42. The Morgan fingerprint density at radius 3 is 2.73 bits per heavy atom. The minimum atomic E-state index is -1.02. The van der Waals surface area contributed by atoms with Gasteiger partial charge < -0.3 is 19.8 Å². The van der Waals surface area contributed by atoms with Gasteiger partial charge in [0, 0.05) is 22.8 Å². The molecule has 30 heavy (non-hydrogen) atoms. The standard InChI is InChI=1S/C21H17N3O5S/c1-29-15-6-2-5-13(18(15)25)17-16(19(26)14-10-22-7-8-23-14)20(27)21(28)24(17)11-12-4-3-9-30-12/h2-10,17,25-26H,11H2,1H3/b19-16+. The number of hydrogen-bond acceptors (Lipinski definition) is 8. The first-order valence-electron chi connectivity index (χ1n) is 8.96. The number of carbonyl (C=O) groups excluding carboxylic acids is 2. The van der Waals surface area contributed by atoms with Gasteiger partial charge in [-0.1, -0.05) is 18.2 Å². The van der Waals surface area contributed by atoms with E-state index >= 15 is 0 Å². The zero-order chi connectivity index (χ0) is 21.3. The highest BCUT2D eigenvalue weighted by molar-refractivity contribution is 7.09. The summed E-state index contributed by atoms with van der Waals surface area (Å²) in [7, 11) is 1.40. The number of phenols is 1. The van der Waals surface area contributed by atoms with Gasteiger partial charge in [0.05, 0.1) is 31.5 Å². The second-order valence-electron chi connectivity index (χ2n) is 6.50. The summed E-state index contributed by atoms with van der Waals surface area (Å²) in [6.07, 6.45) is 4.09. The van der Waals surface area contributed by atoms with E-state index in [1.807, 2.05) is 17.5 Å². The van der Waals surface area contributed by atoms with Gasteiger partial charge in [0.1, 0.15) is 5.69 Å². The van der Waals surface area contributed by atoms with Crippen LogP contribution in [0.2, 0.25) is 0 Å². The van der Waals surface area contributed by atoms with Crippen LogP contribution < -0.4 is 4.74 Å². The van der Waals surface area contributed by atoms with Crippen molar-refractivity contribution in [3.05, 3.63) is 76.0 Å². The van der Waals surface area contributed by atoms with Gasteiger partial charge in [-0.3, -0.25) is 14.6 Å². The van der Waals surface area contributed by atoms with E-state index in [0.29, 0.717) is 0 Å². The van der Waals surface area contributed by atoms with Gasteiger partial charge in [-0.05, 0) is 17.5 Å². The molecule has 1 aliphatic heterocycles. The van der Waals surface area contributed by atoms with Crippen LogP contribution in [0.1, 0.15) is 22.2 Å². The maximum atomic E-state index is 12.9. The summed E-state index contributed by atoms with van der Waals surface area (Å²) in [5.74, 6) is -2.12. The first-order valence-corrected chi connectivity index (χ1v) is 9.84. The van der Waals surface area contributed by atoms with Crippen LogP contribution in [0.5, 0.6) is 11.5 Å². The first kappa shape index (κ1) is 19.6. The number of ether oxygens (including phenoxy) is 1. The van der Waals surface area contributed by atoms with Crippen molar-refractivity contribution in [3.63, 3.8) is 0 Å². The van der Waals surface area contributed by atoms with E-state index in [0.717, 1.165) is 4.88 Å². The first-order chi connectivity index (χ1) is 14.5. The maximum Gasteiger partial charge on any atom is 0.295 e. The second-order valence-corrected chi connectivity index (χ2v) is 7.53. The van der Waals surface area contributed by atoms with Crippen molar-refractivity contribution < 1.29 is 24.5 Å². The van der Waals surface area contributed by atoms with Crippen LogP contribution in [0.15, 0.2) is 59.9 Å². The molecule has 1 amide bonds. The van der Waals surface area contributed by atoms with Gasteiger partial charge in [-0.15, -0.1) is 11.3 Å². The van der Waals surface area contributed by atoms with Crippen molar-refractivity contribution in [2.24, 2.45) is 0 Å². The molecule has 4 rings (SSSR count). The number of aromatic nitrogens is 2. The van der Waals surface area contributed by atoms with Crippen molar-refractivity contribution in [3.8, 4) is 11.5 Å². The van der Waals surface area contributed by atoms with E-state index in [-0.39, 0.29) is 34.9 Å². The molecule has 152 valence electrons. The van der Waals surface area contributed by atoms with Gasteiger partial charge in [-0.25, -0.2) is 4.98 Å². The summed E-state index contributed by atoms with van der Waals surface area (Å²) >= 11 is 1.43. The molecule has 1 fully saturated rings. The number of methoxy groups -OCH3 is 1. The Morgan fingerprint density at radius 1 is 1.23 bits per heavy atom. The summed E-state index contributed by atoms with van der Waals surface area (Å²) < 4.78 is 5.18. The molecule has 1 unspecified atom stereocenters. The number of Topliss-reactive ketones (excluding diaryl/α,β-unsaturated/α-hetero) is 1. The summed E-state index contributed by atoms with van der Waals surface area (Å²) in [4.78, 5) is 36.0. The molecule has 1 aromatic carbocycles. The molecule has 1 saturated heterocycles. The number of phenolic OH excluding ortho intramolecular Hbond substituents is 1. The molecule has 2 N–H and O–H groups in total. The lowest BCUT2D eigenvalue weighted by atomic mass is 9.95. The van der Waals surface area contributed by atoms with Gasteiger partial charge in [0.2, 0.25) is 0 Å². The normalized spacial score (nSPS) is 18.0. The van der Waals surface area contributed by atoms with Crippen LogP contribution in [-0.2, 0) is 16.1 Å². The van der Waals surface area contributed by atoms with Gasteiger partial charge in [0.25, 0.3) is 11.7 Å². The number of nitrogens with zero attached hydrogens (tertiary/aromatic N) is 3. The zero-order valence-corrected chi connectivity index (χ0v) is 16.7.